The van der Waals surface area contributed by atoms with Gasteiger partial charge in [-0.05, 0) is 43.9 Å². The minimum atomic E-state index is 0.951. The molecule has 0 heterocycles. The topological polar surface area (TPSA) is 0 Å². The first-order valence-corrected chi connectivity index (χ1v) is 5.03. The predicted octanol–water partition coefficient (Wildman–Crippen LogP) is 3.39. The average Bonchev–Trinajstić information content (AvgIpc) is 2.07. The molecule has 1 atom stereocenters. The average molecular weight is 150 g/mol. The van der Waals surface area contributed by atoms with Crippen LogP contribution in [0.1, 0.15) is 39.0 Å². The van der Waals surface area contributed by atoms with E-state index in [0.29, 0.717) is 0 Å². The standard InChI is InChI=1S/C11H18/c1-2-3-11-8-9-4-6-10(11)7-5-9/h2-3,9-11H,4-8H2,1H3/b3-2+. The predicted molar refractivity (Wildman–Crippen MR) is 48.4 cm³/mol. The molecule has 0 saturated heterocycles. The summed E-state index contributed by atoms with van der Waals surface area (Å²) in [6.45, 7) is 2.16. The van der Waals surface area contributed by atoms with Crippen molar-refractivity contribution in [1.29, 1.82) is 0 Å². The van der Waals surface area contributed by atoms with Gasteiger partial charge in [0.05, 0.1) is 0 Å². The van der Waals surface area contributed by atoms with Crippen LogP contribution in [0.15, 0.2) is 12.2 Å². The molecule has 3 fully saturated rings. The molecule has 0 spiro atoms. The fourth-order valence-electron chi connectivity index (χ4n) is 2.91. The van der Waals surface area contributed by atoms with E-state index < -0.39 is 0 Å². The monoisotopic (exact) mass is 150 g/mol. The van der Waals surface area contributed by atoms with Crippen LogP contribution in [0.25, 0.3) is 0 Å². The summed E-state index contributed by atoms with van der Waals surface area (Å²) in [6.07, 6.45) is 12.3. The molecular formula is C11H18. The van der Waals surface area contributed by atoms with Crippen LogP contribution in [0.4, 0.5) is 0 Å². The second-order valence-electron chi connectivity index (χ2n) is 4.21. The second kappa shape index (κ2) is 3.00. The van der Waals surface area contributed by atoms with Crippen molar-refractivity contribution in [2.75, 3.05) is 0 Å². The number of fused-ring (bicyclic) bond motifs is 3. The van der Waals surface area contributed by atoms with Crippen LogP contribution < -0.4 is 0 Å². The lowest BCUT2D eigenvalue weighted by Crippen LogP contribution is -2.29. The van der Waals surface area contributed by atoms with E-state index in [9.17, 15) is 0 Å². The number of rotatable bonds is 1. The molecule has 2 bridgehead atoms. The molecular weight excluding hydrogens is 132 g/mol. The van der Waals surface area contributed by atoms with Gasteiger partial charge >= 0.3 is 0 Å². The van der Waals surface area contributed by atoms with Crippen LogP contribution in [-0.4, -0.2) is 0 Å². The van der Waals surface area contributed by atoms with Crippen LogP contribution in [-0.2, 0) is 0 Å². The van der Waals surface area contributed by atoms with E-state index in [-0.39, 0.29) is 0 Å². The van der Waals surface area contributed by atoms with Gasteiger partial charge in [-0.3, -0.25) is 0 Å². The third-order valence-electron chi connectivity index (χ3n) is 3.54. The van der Waals surface area contributed by atoms with Crippen molar-refractivity contribution < 1.29 is 0 Å². The molecule has 3 rings (SSSR count). The molecule has 3 aliphatic carbocycles. The quantitative estimate of drug-likeness (QED) is 0.503. The lowest BCUT2D eigenvalue weighted by atomic mass is 9.65. The van der Waals surface area contributed by atoms with Crippen molar-refractivity contribution in [3.63, 3.8) is 0 Å². The fraction of sp³-hybridized carbons (Fsp3) is 0.818. The molecule has 0 aromatic rings. The van der Waals surface area contributed by atoms with Crippen LogP contribution >= 0.6 is 0 Å². The Kier molecular flexibility index (Phi) is 2.02. The van der Waals surface area contributed by atoms with Gasteiger partial charge in [-0.1, -0.05) is 25.0 Å². The Bertz CT molecular complexity index is 149. The van der Waals surface area contributed by atoms with E-state index >= 15 is 0 Å². The fourth-order valence-corrected chi connectivity index (χ4v) is 2.91. The minimum absolute atomic E-state index is 0.951. The maximum Gasteiger partial charge on any atom is -0.0203 e. The van der Waals surface area contributed by atoms with Gasteiger partial charge in [0, 0.05) is 0 Å². The molecule has 0 amide bonds. The molecule has 3 saturated carbocycles. The zero-order valence-corrected chi connectivity index (χ0v) is 7.42. The van der Waals surface area contributed by atoms with Crippen molar-refractivity contribution in [3.05, 3.63) is 12.2 Å². The van der Waals surface area contributed by atoms with Crippen molar-refractivity contribution in [1.82, 2.24) is 0 Å². The summed E-state index contributed by atoms with van der Waals surface area (Å²) in [5.74, 6) is 3.09. The highest BCUT2D eigenvalue weighted by atomic mass is 14.4. The van der Waals surface area contributed by atoms with E-state index in [4.69, 9.17) is 0 Å². The second-order valence-corrected chi connectivity index (χ2v) is 4.21. The smallest absolute Gasteiger partial charge is 0.0203 e. The molecule has 62 valence electrons. The zero-order chi connectivity index (χ0) is 7.68. The van der Waals surface area contributed by atoms with Gasteiger partial charge in [-0.25, -0.2) is 0 Å². The minimum Gasteiger partial charge on any atom is -0.0914 e. The number of allylic oxidation sites excluding steroid dienone is 2. The Hall–Kier alpha value is -0.260. The highest BCUT2D eigenvalue weighted by Gasteiger charge is 2.33. The Balaban J connectivity index is 2.02. The normalized spacial score (nSPS) is 43.5. The van der Waals surface area contributed by atoms with Gasteiger partial charge in [0.25, 0.3) is 0 Å². The molecule has 1 unspecified atom stereocenters. The summed E-state index contributed by atoms with van der Waals surface area (Å²) in [6, 6.07) is 0. The van der Waals surface area contributed by atoms with Gasteiger partial charge in [0.1, 0.15) is 0 Å². The van der Waals surface area contributed by atoms with E-state index in [1.54, 1.807) is 0 Å². The zero-order valence-electron chi connectivity index (χ0n) is 7.42. The lowest BCUT2D eigenvalue weighted by molar-refractivity contribution is 0.128. The van der Waals surface area contributed by atoms with Crippen LogP contribution in [0.3, 0.4) is 0 Å². The van der Waals surface area contributed by atoms with Crippen LogP contribution in [0.2, 0.25) is 0 Å². The van der Waals surface area contributed by atoms with E-state index in [1.165, 1.54) is 32.1 Å². The third-order valence-corrected chi connectivity index (χ3v) is 3.54. The SMILES string of the molecule is C/C=C/C1CC2CCC1CC2. The van der Waals surface area contributed by atoms with Crippen molar-refractivity contribution in [2.24, 2.45) is 17.8 Å². The largest absolute Gasteiger partial charge is 0.0914 e. The third kappa shape index (κ3) is 1.36. The van der Waals surface area contributed by atoms with Gasteiger partial charge in [-0.2, -0.15) is 0 Å². The Morgan fingerprint density at radius 3 is 2.27 bits per heavy atom. The maximum absolute atomic E-state index is 2.44. The molecule has 3 aliphatic rings. The summed E-state index contributed by atoms with van der Waals surface area (Å²) in [5.41, 5.74) is 0. The number of hydrogen-bond acceptors (Lipinski definition) is 0. The Morgan fingerprint density at radius 1 is 1.09 bits per heavy atom. The molecule has 0 N–H and O–H groups in total. The van der Waals surface area contributed by atoms with Gasteiger partial charge in [0.15, 0.2) is 0 Å². The first-order chi connectivity index (χ1) is 5.40. The van der Waals surface area contributed by atoms with Crippen molar-refractivity contribution >= 4 is 0 Å². The van der Waals surface area contributed by atoms with E-state index in [0.717, 1.165) is 17.8 Å². The molecule has 0 heteroatoms. The summed E-state index contributed by atoms with van der Waals surface area (Å²) in [7, 11) is 0. The van der Waals surface area contributed by atoms with Crippen molar-refractivity contribution in [2.45, 2.75) is 39.0 Å². The Labute approximate surface area is 69.7 Å². The van der Waals surface area contributed by atoms with Gasteiger partial charge < -0.3 is 0 Å². The van der Waals surface area contributed by atoms with Gasteiger partial charge in [0.2, 0.25) is 0 Å². The summed E-state index contributed by atoms with van der Waals surface area (Å²) in [4.78, 5) is 0. The van der Waals surface area contributed by atoms with Crippen LogP contribution in [0, 0.1) is 17.8 Å². The van der Waals surface area contributed by atoms with Gasteiger partial charge in [-0.15, -0.1) is 0 Å². The van der Waals surface area contributed by atoms with Crippen LogP contribution in [0.5, 0.6) is 0 Å². The van der Waals surface area contributed by atoms with E-state index in [1.807, 2.05) is 0 Å². The first-order valence-electron chi connectivity index (χ1n) is 5.03. The Morgan fingerprint density at radius 2 is 1.82 bits per heavy atom. The molecule has 0 aromatic heterocycles. The number of hydrogen-bond donors (Lipinski definition) is 0. The lowest BCUT2D eigenvalue weighted by Gasteiger charge is -2.41. The molecule has 0 radical (unpaired) electrons. The summed E-state index contributed by atoms with van der Waals surface area (Å²) in [5, 5.41) is 0. The maximum atomic E-state index is 2.44. The first kappa shape index (κ1) is 7.39. The van der Waals surface area contributed by atoms with Crippen molar-refractivity contribution in [3.8, 4) is 0 Å². The molecule has 0 aromatic carbocycles. The highest BCUT2D eigenvalue weighted by molar-refractivity contribution is 4.96. The molecule has 11 heavy (non-hydrogen) atoms. The summed E-state index contributed by atoms with van der Waals surface area (Å²) < 4.78 is 0. The highest BCUT2D eigenvalue weighted by Crippen LogP contribution is 2.45. The van der Waals surface area contributed by atoms with E-state index in [2.05, 4.69) is 19.1 Å². The molecule has 0 nitrogen and oxygen atoms in total. The summed E-state index contributed by atoms with van der Waals surface area (Å²) >= 11 is 0. The molecule has 0 aliphatic heterocycles.